The molecule has 2 N–H and O–H groups in total. The summed E-state index contributed by atoms with van der Waals surface area (Å²) in [6.07, 6.45) is 8.22. The van der Waals surface area contributed by atoms with Gasteiger partial charge in [0.1, 0.15) is 0 Å². The largest absolute Gasteiger partial charge is 0.329 e. The molecule has 0 heterocycles. The van der Waals surface area contributed by atoms with Gasteiger partial charge in [-0.15, -0.1) is 0 Å². The summed E-state index contributed by atoms with van der Waals surface area (Å²) in [6.45, 7) is 7.75. The first-order valence-electron chi connectivity index (χ1n) is 6.50. The molecule has 2 heteroatoms. The van der Waals surface area contributed by atoms with Crippen LogP contribution >= 0.6 is 11.8 Å². The molecule has 0 saturated heterocycles. The van der Waals surface area contributed by atoms with Gasteiger partial charge in [0.25, 0.3) is 0 Å². The Labute approximate surface area is 99.6 Å². The molecular formula is C13H27NS. The van der Waals surface area contributed by atoms with E-state index in [1.165, 1.54) is 44.3 Å². The van der Waals surface area contributed by atoms with Crippen molar-refractivity contribution in [1.29, 1.82) is 0 Å². The number of nitrogens with two attached hydrogens (primary N) is 1. The Kier molecular flexibility index (Phi) is 4.98. The summed E-state index contributed by atoms with van der Waals surface area (Å²) in [5.41, 5.74) is 6.61. The van der Waals surface area contributed by atoms with Crippen LogP contribution in [0.3, 0.4) is 0 Å². The molecule has 1 aliphatic rings. The van der Waals surface area contributed by atoms with Crippen molar-refractivity contribution in [3.8, 4) is 0 Å². The van der Waals surface area contributed by atoms with Crippen LogP contribution in [-0.4, -0.2) is 17.0 Å². The molecule has 0 aromatic carbocycles. The summed E-state index contributed by atoms with van der Waals surface area (Å²) >= 11 is 2.09. The van der Waals surface area contributed by atoms with E-state index in [2.05, 4.69) is 32.5 Å². The first-order valence-corrected chi connectivity index (χ1v) is 7.48. The second kappa shape index (κ2) is 5.58. The summed E-state index contributed by atoms with van der Waals surface area (Å²) in [6, 6.07) is 0. The van der Waals surface area contributed by atoms with Gasteiger partial charge in [-0.05, 0) is 36.9 Å². The lowest BCUT2D eigenvalue weighted by Crippen LogP contribution is -2.54. The van der Waals surface area contributed by atoms with Crippen LogP contribution in [-0.2, 0) is 0 Å². The normalized spacial score (nSPS) is 22.4. The van der Waals surface area contributed by atoms with Crippen molar-refractivity contribution in [1.82, 2.24) is 0 Å². The highest BCUT2D eigenvalue weighted by Crippen LogP contribution is 2.59. The summed E-state index contributed by atoms with van der Waals surface area (Å²) < 4.78 is 0.444. The maximum Gasteiger partial charge on any atom is 0.0292 e. The van der Waals surface area contributed by atoms with Crippen molar-refractivity contribution < 1.29 is 0 Å². The number of rotatable bonds is 7. The minimum absolute atomic E-state index is 0.444. The zero-order chi connectivity index (χ0) is 11.4. The van der Waals surface area contributed by atoms with Crippen LogP contribution in [0, 0.1) is 5.41 Å². The monoisotopic (exact) mass is 229 g/mol. The maximum absolute atomic E-state index is 5.95. The highest BCUT2D eigenvalue weighted by molar-refractivity contribution is 8.00. The van der Waals surface area contributed by atoms with Crippen LogP contribution < -0.4 is 5.73 Å². The smallest absolute Gasteiger partial charge is 0.0292 e. The van der Waals surface area contributed by atoms with Crippen LogP contribution in [0.15, 0.2) is 0 Å². The molecule has 0 spiro atoms. The molecular weight excluding hydrogens is 202 g/mol. The highest BCUT2D eigenvalue weighted by atomic mass is 32.2. The van der Waals surface area contributed by atoms with Gasteiger partial charge >= 0.3 is 0 Å². The van der Waals surface area contributed by atoms with Crippen LogP contribution in [0.5, 0.6) is 0 Å². The van der Waals surface area contributed by atoms with Gasteiger partial charge in [0.15, 0.2) is 0 Å². The number of hydrogen-bond donors (Lipinski definition) is 1. The van der Waals surface area contributed by atoms with E-state index < -0.39 is 0 Å². The predicted octanol–water partition coefficient (Wildman–Crippen LogP) is 3.82. The van der Waals surface area contributed by atoms with E-state index in [1.54, 1.807) is 0 Å². The Bertz CT molecular complexity index is 177. The fourth-order valence-electron chi connectivity index (χ4n) is 3.47. The Morgan fingerprint density at radius 1 is 1.07 bits per heavy atom. The van der Waals surface area contributed by atoms with Gasteiger partial charge in [-0.3, -0.25) is 0 Å². The average molecular weight is 229 g/mol. The van der Waals surface area contributed by atoms with E-state index in [0.717, 1.165) is 6.54 Å². The van der Waals surface area contributed by atoms with E-state index in [4.69, 9.17) is 5.73 Å². The molecule has 1 rings (SSSR count). The maximum atomic E-state index is 5.95. The summed E-state index contributed by atoms with van der Waals surface area (Å²) in [7, 11) is 0. The highest BCUT2D eigenvalue weighted by Gasteiger charge is 2.52. The third-order valence-electron chi connectivity index (χ3n) is 3.78. The Hall–Kier alpha value is 0.310. The van der Waals surface area contributed by atoms with E-state index in [9.17, 15) is 0 Å². The quantitative estimate of drug-likeness (QED) is 0.718. The van der Waals surface area contributed by atoms with E-state index in [-0.39, 0.29) is 0 Å². The average Bonchev–Trinajstić information content (AvgIpc) is 2.16. The second-order valence-corrected chi connectivity index (χ2v) is 6.91. The van der Waals surface area contributed by atoms with Gasteiger partial charge < -0.3 is 5.73 Å². The minimum atomic E-state index is 0.444. The first kappa shape index (κ1) is 13.4. The van der Waals surface area contributed by atoms with Gasteiger partial charge in [0, 0.05) is 11.3 Å². The minimum Gasteiger partial charge on any atom is -0.329 e. The van der Waals surface area contributed by atoms with Gasteiger partial charge in [0.05, 0.1) is 0 Å². The molecule has 0 unspecified atom stereocenters. The molecule has 0 atom stereocenters. The lowest BCUT2D eigenvalue weighted by atomic mass is 9.57. The first-order chi connectivity index (χ1) is 7.16. The van der Waals surface area contributed by atoms with Crippen molar-refractivity contribution in [3.05, 3.63) is 0 Å². The number of thioether (sulfide) groups is 1. The molecule has 0 radical (unpaired) electrons. The van der Waals surface area contributed by atoms with Gasteiger partial charge in [-0.2, -0.15) is 11.8 Å². The van der Waals surface area contributed by atoms with E-state index >= 15 is 0 Å². The molecule has 0 aromatic heterocycles. The van der Waals surface area contributed by atoms with Gasteiger partial charge in [-0.1, -0.05) is 33.6 Å². The third-order valence-corrected chi connectivity index (χ3v) is 5.13. The van der Waals surface area contributed by atoms with Gasteiger partial charge in [0.2, 0.25) is 0 Å². The fraction of sp³-hybridized carbons (Fsp3) is 1.00. The standard InChI is InChI=1S/C13H27NS/c1-4-7-12(8-5-2)9-13(10-12,11-14)15-6-3/h4-11,14H2,1-3H3. The van der Waals surface area contributed by atoms with E-state index in [0.29, 0.717) is 10.2 Å². The van der Waals surface area contributed by atoms with Crippen molar-refractivity contribution >= 4 is 11.8 Å². The summed E-state index contributed by atoms with van der Waals surface area (Å²) in [5.74, 6) is 1.21. The Morgan fingerprint density at radius 2 is 1.60 bits per heavy atom. The number of hydrogen-bond acceptors (Lipinski definition) is 2. The molecule has 1 fully saturated rings. The summed E-state index contributed by atoms with van der Waals surface area (Å²) in [4.78, 5) is 0. The molecule has 1 aliphatic carbocycles. The van der Waals surface area contributed by atoms with E-state index in [1.807, 2.05) is 0 Å². The van der Waals surface area contributed by atoms with Crippen molar-refractivity contribution in [2.24, 2.45) is 11.1 Å². The van der Waals surface area contributed by atoms with Crippen LogP contribution in [0.2, 0.25) is 0 Å². The van der Waals surface area contributed by atoms with Crippen LogP contribution in [0.1, 0.15) is 59.3 Å². The lowest BCUT2D eigenvalue weighted by molar-refractivity contribution is 0.0614. The van der Waals surface area contributed by atoms with Crippen LogP contribution in [0.25, 0.3) is 0 Å². The zero-order valence-corrected chi connectivity index (χ0v) is 11.5. The van der Waals surface area contributed by atoms with Crippen molar-refractivity contribution in [2.45, 2.75) is 64.0 Å². The molecule has 90 valence electrons. The Balaban J connectivity index is 2.53. The SMILES string of the molecule is CCCC1(CCC)CC(CN)(SCC)C1. The third kappa shape index (κ3) is 2.91. The summed E-state index contributed by atoms with van der Waals surface area (Å²) in [5, 5.41) is 0. The lowest BCUT2D eigenvalue weighted by Gasteiger charge is -2.56. The molecule has 0 amide bonds. The topological polar surface area (TPSA) is 26.0 Å². The molecule has 1 nitrogen and oxygen atoms in total. The molecule has 0 aromatic rings. The molecule has 0 bridgehead atoms. The van der Waals surface area contributed by atoms with Crippen molar-refractivity contribution in [2.75, 3.05) is 12.3 Å². The second-order valence-electron chi connectivity index (χ2n) is 5.17. The van der Waals surface area contributed by atoms with Crippen molar-refractivity contribution in [3.63, 3.8) is 0 Å². The predicted molar refractivity (Wildman–Crippen MR) is 71.4 cm³/mol. The van der Waals surface area contributed by atoms with Gasteiger partial charge in [-0.25, -0.2) is 0 Å². The molecule has 15 heavy (non-hydrogen) atoms. The zero-order valence-electron chi connectivity index (χ0n) is 10.6. The Morgan fingerprint density at radius 3 is 1.93 bits per heavy atom. The van der Waals surface area contributed by atoms with Crippen LogP contribution in [0.4, 0.5) is 0 Å². The fourth-order valence-corrected chi connectivity index (χ4v) is 5.01. The molecule has 0 aliphatic heterocycles. The molecule has 1 saturated carbocycles.